The summed E-state index contributed by atoms with van der Waals surface area (Å²) in [5.41, 5.74) is 19.4. The van der Waals surface area contributed by atoms with Gasteiger partial charge in [-0.05, 0) is 67.5 Å². The number of rotatable bonds is 17. The molecule has 0 atom stereocenters. The second kappa shape index (κ2) is 15.6. The predicted molar refractivity (Wildman–Crippen MR) is 156 cm³/mol. The van der Waals surface area contributed by atoms with E-state index >= 15 is 0 Å². The molecule has 3 rings (SSSR count). The van der Waals surface area contributed by atoms with Gasteiger partial charge in [0, 0.05) is 22.8 Å². The fraction of sp³-hybridized carbons (Fsp3) is 0.529. The summed E-state index contributed by atoms with van der Waals surface area (Å²) >= 11 is 0. The van der Waals surface area contributed by atoms with Crippen LogP contribution in [0.1, 0.15) is 126 Å². The highest BCUT2D eigenvalue weighted by Gasteiger charge is 2.28. The summed E-state index contributed by atoms with van der Waals surface area (Å²) in [6.45, 7) is 6.72. The highest BCUT2D eigenvalue weighted by molar-refractivity contribution is 5.78. The lowest BCUT2D eigenvalue weighted by Gasteiger charge is -2.11. The van der Waals surface area contributed by atoms with Crippen LogP contribution in [0.15, 0.2) is 60.2 Å². The third-order valence-electron chi connectivity index (χ3n) is 7.56. The Labute approximate surface area is 221 Å². The van der Waals surface area contributed by atoms with Crippen LogP contribution < -0.4 is 0 Å². The van der Waals surface area contributed by atoms with Gasteiger partial charge in [0.05, 0.1) is 0 Å². The second-order valence-electron chi connectivity index (χ2n) is 10.5. The van der Waals surface area contributed by atoms with Crippen LogP contribution in [0.5, 0.6) is 0 Å². The molecule has 194 valence electrons. The number of hydrogen-bond acceptors (Lipinski definition) is 0. The van der Waals surface area contributed by atoms with E-state index in [1.165, 1.54) is 98.4 Å². The highest BCUT2D eigenvalue weighted by atomic mass is 15.2. The highest BCUT2D eigenvalue weighted by Crippen LogP contribution is 2.37. The molecular formula is C34H48N2. The van der Waals surface area contributed by atoms with Crippen molar-refractivity contribution in [1.29, 1.82) is 0 Å². The van der Waals surface area contributed by atoms with Crippen LogP contribution in [-0.4, -0.2) is 4.70 Å². The van der Waals surface area contributed by atoms with Gasteiger partial charge in [-0.3, -0.25) is 0 Å². The molecule has 2 heteroatoms. The van der Waals surface area contributed by atoms with Gasteiger partial charge in [-0.2, -0.15) is 0 Å². The average Bonchev–Trinajstić information content (AvgIpc) is 3.24. The maximum absolute atomic E-state index is 11.3. The molecule has 0 spiro atoms. The van der Waals surface area contributed by atoms with Crippen molar-refractivity contribution < 1.29 is 4.70 Å². The molecule has 0 saturated heterocycles. The van der Waals surface area contributed by atoms with Crippen molar-refractivity contribution in [2.75, 3.05) is 0 Å². The van der Waals surface area contributed by atoms with Gasteiger partial charge in [-0.25, -0.2) is 4.70 Å². The molecule has 1 aliphatic rings. The molecular weight excluding hydrogens is 436 g/mol. The van der Waals surface area contributed by atoms with Gasteiger partial charge in [0.25, 0.3) is 0 Å². The van der Waals surface area contributed by atoms with Crippen molar-refractivity contribution in [2.45, 2.75) is 117 Å². The zero-order chi connectivity index (χ0) is 25.6. The SMILES string of the molecule is CCCCCCCCC1=C(c2ccc(CC)cc2)[N+](=[N-])C(c2ccc(CCCCCCCC)cc2)=C1. The molecule has 0 bridgehead atoms. The first-order valence-corrected chi connectivity index (χ1v) is 14.8. The number of hydrogen-bond donors (Lipinski definition) is 0. The van der Waals surface area contributed by atoms with Crippen LogP contribution in [0.2, 0.25) is 0 Å². The largest absolute Gasteiger partial charge is 0.493 e. The number of allylic oxidation sites excluding steroid dienone is 2. The van der Waals surface area contributed by atoms with E-state index in [4.69, 9.17) is 0 Å². The van der Waals surface area contributed by atoms with Gasteiger partial charge in [-0.15, -0.1) is 0 Å². The standard InChI is InChI=1S/C34H48N2/c1-4-7-9-11-13-15-17-29-21-23-30(24-22-29)33-27-32(18-16-14-12-10-8-5-2)34(36(33)35)31-25-19-28(6-3)20-26-31/h19-27H,4-18H2,1-3H3. The first-order valence-electron chi connectivity index (χ1n) is 14.8. The second-order valence-corrected chi connectivity index (χ2v) is 10.5. The van der Waals surface area contributed by atoms with Crippen LogP contribution in [0.25, 0.3) is 16.9 Å². The molecule has 0 aliphatic carbocycles. The molecule has 0 fully saturated rings. The Bertz CT molecular complexity index is 992. The van der Waals surface area contributed by atoms with Crippen LogP contribution >= 0.6 is 0 Å². The molecule has 0 aromatic heterocycles. The lowest BCUT2D eigenvalue weighted by molar-refractivity contribution is -0.344. The minimum atomic E-state index is 0.900. The minimum absolute atomic E-state index is 0.900. The number of benzene rings is 2. The van der Waals surface area contributed by atoms with Gasteiger partial charge < -0.3 is 5.53 Å². The summed E-state index contributed by atoms with van der Waals surface area (Å²) in [6.07, 6.45) is 21.1. The summed E-state index contributed by atoms with van der Waals surface area (Å²) in [7, 11) is 0. The molecule has 1 heterocycles. The van der Waals surface area contributed by atoms with Crippen LogP contribution in [0.4, 0.5) is 0 Å². The average molecular weight is 485 g/mol. The van der Waals surface area contributed by atoms with Crippen LogP contribution in [-0.2, 0) is 12.8 Å². The monoisotopic (exact) mass is 484 g/mol. The molecule has 0 radical (unpaired) electrons. The molecule has 0 saturated carbocycles. The predicted octanol–water partition coefficient (Wildman–Crippen LogP) is 10.7. The van der Waals surface area contributed by atoms with Crippen molar-refractivity contribution in [3.63, 3.8) is 0 Å². The van der Waals surface area contributed by atoms with E-state index in [0.29, 0.717) is 0 Å². The fourth-order valence-electron chi connectivity index (χ4n) is 5.20. The molecule has 1 aliphatic heterocycles. The summed E-state index contributed by atoms with van der Waals surface area (Å²) in [5.74, 6) is 0. The Balaban J connectivity index is 1.68. The summed E-state index contributed by atoms with van der Waals surface area (Å²) in [6, 6.07) is 17.6. The number of unbranched alkanes of at least 4 members (excludes halogenated alkanes) is 10. The fourth-order valence-corrected chi connectivity index (χ4v) is 5.20. The van der Waals surface area contributed by atoms with E-state index in [1.807, 2.05) is 0 Å². The van der Waals surface area contributed by atoms with Crippen LogP contribution in [0.3, 0.4) is 0 Å². The Morgan fingerprint density at radius 1 is 0.556 bits per heavy atom. The van der Waals surface area contributed by atoms with Gasteiger partial charge in [0.2, 0.25) is 11.4 Å². The van der Waals surface area contributed by atoms with Gasteiger partial charge in [-0.1, -0.05) is 109 Å². The summed E-state index contributed by atoms with van der Waals surface area (Å²) < 4.78 is 1.44. The van der Waals surface area contributed by atoms with Gasteiger partial charge >= 0.3 is 0 Å². The molecule has 2 nitrogen and oxygen atoms in total. The van der Waals surface area contributed by atoms with E-state index in [0.717, 1.165) is 41.8 Å². The Kier molecular flexibility index (Phi) is 12.2. The lowest BCUT2D eigenvalue weighted by Crippen LogP contribution is -2.02. The Morgan fingerprint density at radius 2 is 1.06 bits per heavy atom. The van der Waals surface area contributed by atoms with Crippen molar-refractivity contribution in [1.82, 2.24) is 0 Å². The zero-order valence-electron chi connectivity index (χ0n) is 23.2. The zero-order valence-corrected chi connectivity index (χ0v) is 23.2. The third-order valence-corrected chi connectivity index (χ3v) is 7.56. The molecule has 2 aromatic rings. The van der Waals surface area contributed by atoms with Crippen molar-refractivity contribution in [2.24, 2.45) is 0 Å². The van der Waals surface area contributed by atoms with Crippen molar-refractivity contribution in [3.05, 3.63) is 88.0 Å². The normalized spacial score (nSPS) is 13.5. The van der Waals surface area contributed by atoms with Gasteiger partial charge in [0.1, 0.15) is 0 Å². The molecule has 36 heavy (non-hydrogen) atoms. The van der Waals surface area contributed by atoms with Crippen LogP contribution in [0, 0.1) is 0 Å². The minimum Gasteiger partial charge on any atom is -0.493 e. The van der Waals surface area contributed by atoms with E-state index < -0.39 is 0 Å². The maximum atomic E-state index is 11.3. The third kappa shape index (κ3) is 8.29. The van der Waals surface area contributed by atoms with Crippen molar-refractivity contribution >= 4 is 11.4 Å². The smallest absolute Gasteiger partial charge is 0.210 e. The quantitative estimate of drug-likeness (QED) is 0.158. The summed E-state index contributed by atoms with van der Waals surface area (Å²) in [4.78, 5) is 0. The topological polar surface area (TPSA) is 25.3 Å². The van der Waals surface area contributed by atoms with E-state index in [9.17, 15) is 5.53 Å². The molecule has 0 N–H and O–H groups in total. The number of nitrogens with zero attached hydrogens (tertiary/aromatic N) is 2. The molecule has 0 amide bonds. The Hall–Kier alpha value is -2.48. The molecule has 2 aromatic carbocycles. The first-order chi connectivity index (χ1) is 17.7. The van der Waals surface area contributed by atoms with Gasteiger partial charge in [0.15, 0.2) is 0 Å². The maximum Gasteiger partial charge on any atom is 0.210 e. The Morgan fingerprint density at radius 3 is 1.64 bits per heavy atom. The van der Waals surface area contributed by atoms with E-state index in [2.05, 4.69) is 75.4 Å². The van der Waals surface area contributed by atoms with E-state index in [1.54, 1.807) is 0 Å². The number of aryl methyl sites for hydroxylation is 2. The first kappa shape index (κ1) is 28.1. The van der Waals surface area contributed by atoms with Crippen molar-refractivity contribution in [3.8, 4) is 0 Å². The molecule has 0 unspecified atom stereocenters. The van der Waals surface area contributed by atoms with E-state index in [-0.39, 0.29) is 0 Å². The summed E-state index contributed by atoms with van der Waals surface area (Å²) in [5, 5.41) is 0. The lowest BCUT2D eigenvalue weighted by atomic mass is 10.00.